The van der Waals surface area contributed by atoms with Gasteiger partial charge in [-0.15, -0.1) is 5.10 Å². The van der Waals surface area contributed by atoms with Gasteiger partial charge < -0.3 is 9.15 Å². The van der Waals surface area contributed by atoms with Crippen molar-refractivity contribution in [1.82, 2.24) is 10.2 Å². The summed E-state index contributed by atoms with van der Waals surface area (Å²) in [5.41, 5.74) is 2.96. The number of amides is 1. The Hall–Kier alpha value is -2.57. The topological polar surface area (TPSA) is 77.2 Å². The van der Waals surface area contributed by atoms with Crippen LogP contribution in [0.3, 0.4) is 0 Å². The maximum absolute atomic E-state index is 12.0. The second-order valence-electron chi connectivity index (χ2n) is 5.64. The SMILES string of the molecule is Cc1ccc(-c2nnc(NC(=O)COc3ccc(Cl)cc3Cl)o2)c(C)c1. The second-order valence-corrected chi connectivity index (χ2v) is 6.49. The van der Waals surface area contributed by atoms with Crippen LogP contribution in [0.2, 0.25) is 10.0 Å². The molecule has 0 saturated carbocycles. The van der Waals surface area contributed by atoms with E-state index in [4.69, 9.17) is 32.4 Å². The van der Waals surface area contributed by atoms with E-state index in [2.05, 4.69) is 15.5 Å². The first kappa shape index (κ1) is 18.2. The van der Waals surface area contributed by atoms with Gasteiger partial charge in [-0.1, -0.05) is 46.0 Å². The van der Waals surface area contributed by atoms with Gasteiger partial charge in [0.25, 0.3) is 5.91 Å². The van der Waals surface area contributed by atoms with Crippen LogP contribution in [0.4, 0.5) is 6.01 Å². The number of hydrogen-bond donors (Lipinski definition) is 1. The van der Waals surface area contributed by atoms with E-state index in [9.17, 15) is 4.79 Å². The van der Waals surface area contributed by atoms with Crippen LogP contribution in [0, 0.1) is 13.8 Å². The molecule has 0 fully saturated rings. The Labute approximate surface area is 160 Å². The number of halogens is 2. The molecular formula is C18H15Cl2N3O3. The Morgan fingerprint density at radius 3 is 2.69 bits per heavy atom. The predicted octanol–water partition coefficient (Wildman–Crippen LogP) is 4.68. The largest absolute Gasteiger partial charge is 0.482 e. The van der Waals surface area contributed by atoms with Crippen LogP contribution < -0.4 is 10.1 Å². The Morgan fingerprint density at radius 1 is 1.15 bits per heavy atom. The van der Waals surface area contributed by atoms with E-state index in [1.807, 2.05) is 32.0 Å². The Balaban J connectivity index is 1.62. The minimum Gasteiger partial charge on any atom is -0.482 e. The minimum atomic E-state index is -0.452. The summed E-state index contributed by atoms with van der Waals surface area (Å²) in [5, 5.41) is 11.1. The van der Waals surface area contributed by atoms with E-state index in [1.165, 1.54) is 6.07 Å². The molecule has 0 aliphatic carbocycles. The first-order valence-corrected chi connectivity index (χ1v) is 8.47. The molecule has 0 aliphatic heterocycles. The third kappa shape index (κ3) is 4.33. The molecule has 0 unspecified atom stereocenters. The first-order chi connectivity index (χ1) is 12.4. The Bertz CT molecular complexity index is 957. The van der Waals surface area contributed by atoms with Gasteiger partial charge in [-0.3, -0.25) is 10.1 Å². The maximum atomic E-state index is 12.0. The zero-order valence-corrected chi connectivity index (χ0v) is 15.6. The smallest absolute Gasteiger partial charge is 0.322 e. The van der Waals surface area contributed by atoms with Crippen LogP contribution in [-0.4, -0.2) is 22.7 Å². The highest BCUT2D eigenvalue weighted by Gasteiger charge is 2.14. The fourth-order valence-corrected chi connectivity index (χ4v) is 2.79. The summed E-state index contributed by atoms with van der Waals surface area (Å²) in [6.45, 7) is 3.69. The second kappa shape index (κ2) is 7.76. The van der Waals surface area contributed by atoms with E-state index < -0.39 is 5.91 Å². The zero-order valence-electron chi connectivity index (χ0n) is 14.0. The monoisotopic (exact) mass is 391 g/mol. The standard InChI is InChI=1S/C18H15Cl2N3O3/c1-10-3-5-13(11(2)7-10)17-22-23-18(26-17)21-16(24)9-25-15-6-4-12(19)8-14(15)20/h3-8H,9H2,1-2H3,(H,21,23,24). The van der Waals surface area contributed by atoms with E-state index in [0.29, 0.717) is 21.7 Å². The van der Waals surface area contributed by atoms with Gasteiger partial charge >= 0.3 is 6.01 Å². The first-order valence-electron chi connectivity index (χ1n) is 7.71. The van der Waals surface area contributed by atoms with Crippen molar-refractivity contribution in [2.75, 3.05) is 11.9 Å². The van der Waals surface area contributed by atoms with E-state index >= 15 is 0 Å². The lowest BCUT2D eigenvalue weighted by atomic mass is 10.1. The molecule has 0 spiro atoms. The van der Waals surface area contributed by atoms with Gasteiger partial charge in [0.1, 0.15) is 5.75 Å². The van der Waals surface area contributed by atoms with Crippen LogP contribution in [-0.2, 0) is 4.79 Å². The average molecular weight is 392 g/mol. The summed E-state index contributed by atoms with van der Waals surface area (Å²) in [4.78, 5) is 12.0. The van der Waals surface area contributed by atoms with Crippen molar-refractivity contribution in [3.05, 3.63) is 57.6 Å². The molecule has 8 heteroatoms. The summed E-state index contributed by atoms with van der Waals surface area (Å²) in [6, 6.07) is 10.6. The third-order valence-corrected chi connectivity index (χ3v) is 4.07. The summed E-state index contributed by atoms with van der Waals surface area (Å²) >= 11 is 11.8. The molecule has 134 valence electrons. The molecular weight excluding hydrogens is 377 g/mol. The lowest BCUT2D eigenvalue weighted by Gasteiger charge is -2.07. The summed E-state index contributed by atoms with van der Waals surface area (Å²) in [7, 11) is 0. The van der Waals surface area contributed by atoms with Crippen molar-refractivity contribution in [3.8, 4) is 17.2 Å². The number of carbonyl (C=O) groups excluding carboxylic acids is 1. The molecule has 3 aromatic rings. The highest BCUT2D eigenvalue weighted by atomic mass is 35.5. The number of aromatic nitrogens is 2. The molecule has 1 N–H and O–H groups in total. The highest BCUT2D eigenvalue weighted by molar-refractivity contribution is 6.35. The van der Waals surface area contributed by atoms with Crippen LogP contribution in [0.25, 0.3) is 11.5 Å². The van der Waals surface area contributed by atoms with Crippen molar-refractivity contribution >= 4 is 35.1 Å². The molecule has 2 aromatic carbocycles. The maximum Gasteiger partial charge on any atom is 0.322 e. The minimum absolute atomic E-state index is 0.00391. The van der Waals surface area contributed by atoms with Crippen molar-refractivity contribution in [3.63, 3.8) is 0 Å². The van der Waals surface area contributed by atoms with Crippen molar-refractivity contribution in [2.24, 2.45) is 0 Å². The van der Waals surface area contributed by atoms with E-state index in [0.717, 1.165) is 16.7 Å². The van der Waals surface area contributed by atoms with Crippen molar-refractivity contribution < 1.29 is 13.9 Å². The summed E-state index contributed by atoms with van der Waals surface area (Å²) in [5.74, 6) is 0.235. The number of carbonyl (C=O) groups is 1. The molecule has 0 aliphatic rings. The number of hydrogen-bond acceptors (Lipinski definition) is 5. The van der Waals surface area contributed by atoms with Crippen LogP contribution in [0.1, 0.15) is 11.1 Å². The van der Waals surface area contributed by atoms with Gasteiger partial charge in [-0.25, -0.2) is 0 Å². The van der Waals surface area contributed by atoms with Gasteiger partial charge in [0.15, 0.2) is 6.61 Å². The Morgan fingerprint density at radius 2 is 1.96 bits per heavy atom. The predicted molar refractivity (Wildman–Crippen MR) is 99.8 cm³/mol. The number of rotatable bonds is 5. The lowest BCUT2D eigenvalue weighted by molar-refractivity contribution is -0.118. The third-order valence-electron chi connectivity index (χ3n) is 3.54. The quantitative estimate of drug-likeness (QED) is 0.682. The van der Waals surface area contributed by atoms with E-state index in [-0.39, 0.29) is 12.6 Å². The molecule has 0 bridgehead atoms. The molecule has 0 atom stereocenters. The molecule has 6 nitrogen and oxygen atoms in total. The number of aryl methyl sites for hydroxylation is 2. The molecule has 1 aromatic heterocycles. The molecule has 1 amide bonds. The normalized spacial score (nSPS) is 10.6. The number of nitrogens with zero attached hydrogens (tertiary/aromatic N) is 2. The fourth-order valence-electron chi connectivity index (χ4n) is 2.33. The van der Waals surface area contributed by atoms with Crippen LogP contribution >= 0.6 is 23.2 Å². The van der Waals surface area contributed by atoms with Crippen molar-refractivity contribution in [1.29, 1.82) is 0 Å². The highest BCUT2D eigenvalue weighted by Crippen LogP contribution is 2.27. The van der Waals surface area contributed by atoms with Gasteiger partial charge in [-0.2, -0.15) is 0 Å². The van der Waals surface area contributed by atoms with Gasteiger partial charge in [-0.05, 0) is 43.7 Å². The average Bonchev–Trinajstić information content (AvgIpc) is 3.02. The number of nitrogens with one attached hydrogen (secondary N) is 1. The Kier molecular flexibility index (Phi) is 5.44. The lowest BCUT2D eigenvalue weighted by Crippen LogP contribution is -2.20. The fraction of sp³-hybridized carbons (Fsp3) is 0.167. The number of benzene rings is 2. The summed E-state index contributed by atoms with van der Waals surface area (Å²) in [6.07, 6.45) is 0. The molecule has 0 radical (unpaired) electrons. The molecule has 26 heavy (non-hydrogen) atoms. The molecule has 0 saturated heterocycles. The molecule has 1 heterocycles. The summed E-state index contributed by atoms with van der Waals surface area (Å²) < 4.78 is 10.9. The van der Waals surface area contributed by atoms with Crippen LogP contribution in [0.15, 0.2) is 40.8 Å². The number of ether oxygens (including phenoxy) is 1. The number of anilines is 1. The van der Waals surface area contributed by atoms with Crippen LogP contribution in [0.5, 0.6) is 5.75 Å². The van der Waals surface area contributed by atoms with E-state index in [1.54, 1.807) is 12.1 Å². The zero-order chi connectivity index (χ0) is 18.7. The van der Waals surface area contributed by atoms with Gasteiger partial charge in [0.2, 0.25) is 5.89 Å². The molecule has 3 rings (SSSR count). The van der Waals surface area contributed by atoms with Gasteiger partial charge in [0.05, 0.1) is 5.02 Å². The van der Waals surface area contributed by atoms with Gasteiger partial charge in [0, 0.05) is 10.6 Å². The van der Waals surface area contributed by atoms with Crippen molar-refractivity contribution in [2.45, 2.75) is 13.8 Å².